The number of nitrogens with two attached hydrogens (primary N) is 1. The molecule has 0 radical (unpaired) electrons. The highest BCUT2D eigenvalue weighted by Crippen LogP contribution is 2.31. The second-order valence-corrected chi connectivity index (χ2v) is 7.13. The third-order valence-corrected chi connectivity index (χ3v) is 4.15. The van der Waals surface area contributed by atoms with Gasteiger partial charge in [0, 0.05) is 12.0 Å². The maximum absolute atomic E-state index is 9.40. The standard InChI is InChI=1S/C17H27NO2/c1-16(2,3)13-6-4-7-14(10-13)20-15-8-5-9-17(18,11-15)12-19/h4,6-7,10,15,19H,5,8-9,11-12,18H2,1-3H3. The molecule has 0 amide bonds. The molecule has 1 fully saturated rings. The van der Waals surface area contributed by atoms with Gasteiger partial charge in [0.2, 0.25) is 0 Å². The van der Waals surface area contributed by atoms with E-state index in [0.29, 0.717) is 0 Å². The van der Waals surface area contributed by atoms with Crippen molar-refractivity contribution in [2.45, 2.75) is 63.5 Å². The van der Waals surface area contributed by atoms with Gasteiger partial charge in [-0.05, 0) is 42.4 Å². The predicted molar refractivity (Wildman–Crippen MR) is 82.0 cm³/mol. The molecule has 1 aromatic rings. The maximum atomic E-state index is 9.40. The van der Waals surface area contributed by atoms with Crippen LogP contribution >= 0.6 is 0 Å². The molecule has 2 unspecified atom stereocenters. The normalized spacial score (nSPS) is 27.4. The zero-order valence-corrected chi connectivity index (χ0v) is 12.9. The molecule has 0 heterocycles. The van der Waals surface area contributed by atoms with Crippen molar-refractivity contribution in [3.8, 4) is 5.75 Å². The number of aliphatic hydroxyl groups is 1. The Hall–Kier alpha value is -1.06. The van der Waals surface area contributed by atoms with Crippen molar-refractivity contribution < 1.29 is 9.84 Å². The first-order valence-electron chi connectivity index (χ1n) is 7.49. The summed E-state index contributed by atoms with van der Waals surface area (Å²) in [5.74, 6) is 0.907. The van der Waals surface area contributed by atoms with Gasteiger partial charge in [-0.25, -0.2) is 0 Å². The fourth-order valence-electron chi connectivity index (χ4n) is 2.81. The number of hydrogen-bond donors (Lipinski definition) is 2. The van der Waals surface area contributed by atoms with E-state index in [9.17, 15) is 5.11 Å². The van der Waals surface area contributed by atoms with Gasteiger partial charge in [-0.3, -0.25) is 0 Å². The summed E-state index contributed by atoms with van der Waals surface area (Å²) in [4.78, 5) is 0. The van der Waals surface area contributed by atoms with Crippen molar-refractivity contribution >= 4 is 0 Å². The lowest BCUT2D eigenvalue weighted by molar-refractivity contribution is 0.0728. The smallest absolute Gasteiger partial charge is 0.120 e. The number of rotatable bonds is 3. The van der Waals surface area contributed by atoms with Gasteiger partial charge in [0.15, 0.2) is 0 Å². The van der Waals surface area contributed by atoms with Crippen LogP contribution < -0.4 is 10.5 Å². The second kappa shape index (κ2) is 5.74. The Morgan fingerprint density at radius 1 is 1.40 bits per heavy atom. The minimum Gasteiger partial charge on any atom is -0.490 e. The van der Waals surface area contributed by atoms with Crippen molar-refractivity contribution in [1.82, 2.24) is 0 Å². The van der Waals surface area contributed by atoms with E-state index in [-0.39, 0.29) is 18.1 Å². The summed E-state index contributed by atoms with van der Waals surface area (Å²) in [7, 11) is 0. The lowest BCUT2D eigenvalue weighted by Crippen LogP contribution is -2.50. The monoisotopic (exact) mass is 277 g/mol. The highest BCUT2D eigenvalue weighted by molar-refractivity contribution is 5.32. The van der Waals surface area contributed by atoms with Crippen molar-refractivity contribution in [2.75, 3.05) is 6.61 Å². The second-order valence-electron chi connectivity index (χ2n) is 7.13. The largest absolute Gasteiger partial charge is 0.490 e. The Kier molecular flexibility index (Phi) is 4.40. The van der Waals surface area contributed by atoms with Gasteiger partial charge in [-0.2, -0.15) is 0 Å². The van der Waals surface area contributed by atoms with Gasteiger partial charge in [-0.1, -0.05) is 32.9 Å². The average Bonchev–Trinajstić information content (AvgIpc) is 2.38. The molecule has 0 bridgehead atoms. The molecule has 2 rings (SSSR count). The topological polar surface area (TPSA) is 55.5 Å². The first-order valence-corrected chi connectivity index (χ1v) is 7.49. The van der Waals surface area contributed by atoms with Crippen LogP contribution in [0.2, 0.25) is 0 Å². The van der Waals surface area contributed by atoms with Crippen LogP contribution in [0.25, 0.3) is 0 Å². The van der Waals surface area contributed by atoms with E-state index >= 15 is 0 Å². The maximum Gasteiger partial charge on any atom is 0.120 e. The quantitative estimate of drug-likeness (QED) is 0.893. The first-order chi connectivity index (χ1) is 9.32. The third kappa shape index (κ3) is 3.74. The summed E-state index contributed by atoms with van der Waals surface area (Å²) in [5, 5.41) is 9.40. The van der Waals surface area contributed by atoms with E-state index in [1.807, 2.05) is 12.1 Å². The van der Waals surface area contributed by atoms with Crippen LogP contribution in [-0.2, 0) is 5.41 Å². The van der Waals surface area contributed by atoms with Crippen LogP contribution in [0.4, 0.5) is 0 Å². The lowest BCUT2D eigenvalue weighted by atomic mass is 9.81. The molecule has 2 atom stereocenters. The summed E-state index contributed by atoms with van der Waals surface area (Å²) in [5.41, 5.74) is 7.09. The molecular formula is C17H27NO2. The first kappa shape index (κ1) is 15.3. The Balaban J connectivity index is 2.07. The highest BCUT2D eigenvalue weighted by Gasteiger charge is 2.33. The number of benzene rings is 1. The van der Waals surface area contributed by atoms with Gasteiger partial charge >= 0.3 is 0 Å². The predicted octanol–water partition coefficient (Wildman–Crippen LogP) is 3.00. The van der Waals surface area contributed by atoms with Crippen LogP contribution in [0, 0.1) is 0 Å². The molecule has 3 N–H and O–H groups in total. The average molecular weight is 277 g/mol. The van der Waals surface area contributed by atoms with E-state index in [4.69, 9.17) is 10.5 Å². The summed E-state index contributed by atoms with van der Waals surface area (Å²) in [6.45, 7) is 6.63. The molecule has 1 aliphatic carbocycles. The van der Waals surface area contributed by atoms with Gasteiger partial charge in [0.1, 0.15) is 11.9 Å². The molecule has 1 aromatic carbocycles. The van der Waals surface area contributed by atoms with E-state index in [1.54, 1.807) is 0 Å². The number of ether oxygens (including phenoxy) is 1. The van der Waals surface area contributed by atoms with Crippen molar-refractivity contribution in [2.24, 2.45) is 5.73 Å². The fraction of sp³-hybridized carbons (Fsp3) is 0.647. The molecule has 1 saturated carbocycles. The molecule has 3 nitrogen and oxygen atoms in total. The zero-order chi connectivity index (χ0) is 14.8. The summed E-state index contributed by atoms with van der Waals surface area (Å²) in [6, 6.07) is 8.29. The van der Waals surface area contributed by atoms with Crippen molar-refractivity contribution in [1.29, 1.82) is 0 Å². The molecular weight excluding hydrogens is 250 g/mol. The Morgan fingerprint density at radius 3 is 2.80 bits per heavy atom. The summed E-state index contributed by atoms with van der Waals surface area (Å²) >= 11 is 0. The van der Waals surface area contributed by atoms with Gasteiger partial charge < -0.3 is 15.6 Å². The van der Waals surface area contributed by atoms with Crippen LogP contribution in [0.5, 0.6) is 5.75 Å². The van der Waals surface area contributed by atoms with Crippen LogP contribution in [0.15, 0.2) is 24.3 Å². The SMILES string of the molecule is CC(C)(C)c1cccc(OC2CCCC(N)(CO)C2)c1. The van der Waals surface area contributed by atoms with E-state index < -0.39 is 5.54 Å². The Bertz CT molecular complexity index is 453. The molecule has 20 heavy (non-hydrogen) atoms. The molecule has 0 aromatic heterocycles. The fourth-order valence-corrected chi connectivity index (χ4v) is 2.81. The molecule has 112 valence electrons. The molecule has 0 spiro atoms. The van der Waals surface area contributed by atoms with Gasteiger partial charge in [0.05, 0.1) is 6.61 Å². The van der Waals surface area contributed by atoms with Crippen molar-refractivity contribution in [3.63, 3.8) is 0 Å². The number of aliphatic hydroxyl groups excluding tert-OH is 1. The van der Waals surface area contributed by atoms with Crippen LogP contribution in [-0.4, -0.2) is 23.4 Å². The molecule has 0 saturated heterocycles. The summed E-state index contributed by atoms with van der Waals surface area (Å²) < 4.78 is 6.10. The Morgan fingerprint density at radius 2 is 2.15 bits per heavy atom. The Labute approximate surface area is 122 Å². The lowest BCUT2D eigenvalue weighted by Gasteiger charge is -2.36. The van der Waals surface area contributed by atoms with Crippen LogP contribution in [0.3, 0.4) is 0 Å². The minimum atomic E-state index is -0.468. The molecule has 1 aliphatic rings. The number of hydrogen-bond acceptors (Lipinski definition) is 3. The van der Waals surface area contributed by atoms with E-state index in [2.05, 4.69) is 32.9 Å². The zero-order valence-electron chi connectivity index (χ0n) is 12.9. The summed E-state index contributed by atoms with van der Waals surface area (Å²) in [6.07, 6.45) is 3.74. The molecule has 3 heteroatoms. The highest BCUT2D eigenvalue weighted by atomic mass is 16.5. The van der Waals surface area contributed by atoms with Crippen LogP contribution in [0.1, 0.15) is 52.0 Å². The van der Waals surface area contributed by atoms with Gasteiger partial charge in [0.25, 0.3) is 0 Å². The third-order valence-electron chi connectivity index (χ3n) is 4.15. The van der Waals surface area contributed by atoms with E-state index in [0.717, 1.165) is 31.4 Å². The van der Waals surface area contributed by atoms with E-state index in [1.165, 1.54) is 5.56 Å². The minimum absolute atomic E-state index is 0.0366. The van der Waals surface area contributed by atoms with Crippen molar-refractivity contribution in [3.05, 3.63) is 29.8 Å². The molecule has 0 aliphatic heterocycles. The van der Waals surface area contributed by atoms with Gasteiger partial charge in [-0.15, -0.1) is 0 Å².